The lowest BCUT2D eigenvalue weighted by molar-refractivity contribution is -0.142. The van der Waals surface area contributed by atoms with Gasteiger partial charge in [-0.15, -0.1) is 0 Å². The summed E-state index contributed by atoms with van der Waals surface area (Å²) in [6.07, 6.45) is 8.06. The van der Waals surface area contributed by atoms with E-state index in [0.717, 1.165) is 29.3 Å². The summed E-state index contributed by atoms with van der Waals surface area (Å²) in [6, 6.07) is 12.6. The van der Waals surface area contributed by atoms with E-state index >= 15 is 0 Å². The number of carbonyl (C=O) groups excluding carboxylic acids is 2. The Hall–Kier alpha value is -5.35. The molecule has 0 radical (unpaired) electrons. The van der Waals surface area contributed by atoms with Crippen LogP contribution in [-0.2, 0) is 22.5 Å². The minimum Gasteiger partial charge on any atom is -0.497 e. The quantitative estimate of drug-likeness (QED) is 0.0564. The first-order chi connectivity index (χ1) is 26.1. The van der Waals surface area contributed by atoms with Crippen LogP contribution in [0.15, 0.2) is 70.0 Å². The van der Waals surface area contributed by atoms with Crippen molar-refractivity contribution >= 4 is 52.6 Å². The van der Waals surface area contributed by atoms with Gasteiger partial charge in [-0.1, -0.05) is 23.5 Å². The zero-order valence-corrected chi connectivity index (χ0v) is 33.6. The first kappa shape index (κ1) is 43.1. The van der Waals surface area contributed by atoms with Crippen molar-refractivity contribution in [2.75, 3.05) is 59.4 Å². The number of hydrogen-bond acceptors (Lipinski definition) is 15. The summed E-state index contributed by atoms with van der Waals surface area (Å²) in [5.74, 6) is 2.95. The van der Waals surface area contributed by atoms with Gasteiger partial charge in [0.05, 0.1) is 47.0 Å². The maximum absolute atomic E-state index is 13.0. The predicted octanol–water partition coefficient (Wildman–Crippen LogP) is 6.47. The van der Waals surface area contributed by atoms with Crippen molar-refractivity contribution < 1.29 is 33.3 Å². The van der Waals surface area contributed by atoms with Crippen molar-refractivity contribution in [3.63, 3.8) is 0 Å². The molecule has 288 valence electrons. The molecular weight excluding hydrogens is 733 g/mol. The number of ether oxygens (including phenoxy) is 5. The minimum absolute atomic E-state index is 0.101. The molecule has 14 nitrogen and oxygen atoms in total. The topological polar surface area (TPSA) is 166 Å². The van der Waals surface area contributed by atoms with Gasteiger partial charge in [-0.2, -0.15) is 0 Å². The van der Waals surface area contributed by atoms with Gasteiger partial charge in [0.2, 0.25) is 0 Å². The summed E-state index contributed by atoms with van der Waals surface area (Å²) in [4.78, 5) is 51.9. The van der Waals surface area contributed by atoms with Crippen LogP contribution in [0.2, 0.25) is 0 Å². The number of thioether (sulfide) groups is 2. The monoisotopic (exact) mass is 778 g/mol. The molecule has 2 aromatic carbocycles. The van der Waals surface area contributed by atoms with E-state index in [9.17, 15) is 14.4 Å². The lowest BCUT2D eigenvalue weighted by Crippen LogP contribution is -2.22. The smallest absolute Gasteiger partial charge is 0.310 e. The van der Waals surface area contributed by atoms with Crippen LogP contribution in [0.1, 0.15) is 36.7 Å². The number of hydrogen-bond donors (Lipinski definition) is 1. The zero-order chi connectivity index (χ0) is 39.6. The van der Waals surface area contributed by atoms with Crippen molar-refractivity contribution in [1.82, 2.24) is 24.5 Å². The number of methoxy groups -OCH3 is 4. The highest BCUT2D eigenvalue weighted by molar-refractivity contribution is 7.98. The molecule has 0 aliphatic carbocycles. The van der Waals surface area contributed by atoms with Gasteiger partial charge in [-0.05, 0) is 74.7 Å². The van der Waals surface area contributed by atoms with Crippen molar-refractivity contribution in [3.8, 4) is 34.1 Å². The second-order valence-corrected chi connectivity index (χ2v) is 12.4. The average molecular weight is 779 g/mol. The zero-order valence-electron chi connectivity index (χ0n) is 31.9. The standard InChI is InChI=1S/C18H19N3O3S.C12H16O4.C8H11N3OS/c1-5-21-16-12(10-19-18(20-16)25-4)8-15(17(21)22)11-6-13(23-2)9-14(7-11)24-3;1-4-16-12(13)7-9-5-10(14-2)8-11(6-9)15-3;1-3-9-7-6(5-12)4-10-8(11-7)13-2/h6-10H,5H2,1-4H3;5-6,8H,4,7H2,1-3H3;4-5H,3H2,1-2H3,(H,9,10,11). The van der Waals surface area contributed by atoms with Crippen LogP contribution in [0.5, 0.6) is 23.0 Å². The summed E-state index contributed by atoms with van der Waals surface area (Å²) in [5, 5.41) is 5.13. The fraction of sp³-hybridized carbons (Fsp3) is 0.342. The molecule has 0 saturated heterocycles. The Balaban J connectivity index is 0.000000234. The highest BCUT2D eigenvalue weighted by Crippen LogP contribution is 2.30. The summed E-state index contributed by atoms with van der Waals surface area (Å²) in [5.41, 5.74) is 3.15. The number of aldehydes is 1. The summed E-state index contributed by atoms with van der Waals surface area (Å²) >= 11 is 2.90. The first-order valence-electron chi connectivity index (χ1n) is 16.8. The molecule has 3 heterocycles. The van der Waals surface area contributed by atoms with Crippen LogP contribution < -0.4 is 29.8 Å². The van der Waals surface area contributed by atoms with Gasteiger partial charge in [-0.3, -0.25) is 19.0 Å². The summed E-state index contributed by atoms with van der Waals surface area (Å²) in [7, 11) is 6.31. The van der Waals surface area contributed by atoms with Gasteiger partial charge in [0.25, 0.3) is 5.56 Å². The highest BCUT2D eigenvalue weighted by Gasteiger charge is 2.14. The third-order valence-corrected chi connectivity index (χ3v) is 8.60. The first-order valence-corrected chi connectivity index (χ1v) is 19.2. The molecule has 16 heteroatoms. The Morgan fingerprint density at radius 2 is 1.35 bits per heavy atom. The third kappa shape index (κ3) is 11.8. The number of benzene rings is 2. The van der Waals surface area contributed by atoms with Gasteiger partial charge in [0.1, 0.15) is 34.5 Å². The second kappa shape index (κ2) is 22.0. The number of rotatable bonds is 14. The number of anilines is 1. The molecule has 0 aliphatic rings. The molecule has 5 aromatic rings. The lowest BCUT2D eigenvalue weighted by atomic mass is 10.1. The molecule has 1 N–H and O–H groups in total. The van der Waals surface area contributed by atoms with Crippen molar-refractivity contribution in [1.29, 1.82) is 0 Å². The van der Waals surface area contributed by atoms with Gasteiger partial charge in [0.15, 0.2) is 16.6 Å². The molecule has 3 aromatic heterocycles. The van der Waals surface area contributed by atoms with E-state index in [2.05, 4.69) is 25.3 Å². The third-order valence-electron chi connectivity index (χ3n) is 7.48. The highest BCUT2D eigenvalue weighted by atomic mass is 32.2. The van der Waals surface area contributed by atoms with Crippen LogP contribution in [0.3, 0.4) is 0 Å². The Morgan fingerprint density at radius 3 is 1.85 bits per heavy atom. The lowest BCUT2D eigenvalue weighted by Gasteiger charge is -2.12. The van der Waals surface area contributed by atoms with E-state index in [4.69, 9.17) is 23.7 Å². The van der Waals surface area contributed by atoms with Gasteiger partial charge in [-0.25, -0.2) is 19.9 Å². The maximum atomic E-state index is 13.0. The van der Waals surface area contributed by atoms with Crippen LogP contribution in [0.4, 0.5) is 5.82 Å². The molecule has 0 aliphatic heterocycles. The number of nitrogens with zero attached hydrogens (tertiary/aromatic N) is 5. The van der Waals surface area contributed by atoms with E-state index < -0.39 is 0 Å². The molecule has 0 spiro atoms. The number of carbonyl (C=O) groups is 2. The van der Waals surface area contributed by atoms with Crippen LogP contribution in [0.25, 0.3) is 22.2 Å². The van der Waals surface area contributed by atoms with Crippen molar-refractivity contribution in [2.24, 2.45) is 0 Å². The number of pyridine rings is 1. The SMILES string of the molecule is CCNc1nc(SC)ncc1C=O.CCOC(=O)Cc1cc(OC)cc(OC)c1.CCn1c(=O)c(-c2cc(OC)cc(OC)c2)cc2cnc(SC)nc21. The molecule has 0 fully saturated rings. The van der Waals surface area contributed by atoms with E-state index in [1.807, 2.05) is 44.6 Å². The number of nitrogens with one attached hydrogen (secondary N) is 1. The average Bonchev–Trinajstić information content (AvgIpc) is 3.20. The fourth-order valence-electron chi connectivity index (χ4n) is 4.92. The molecule has 5 rings (SSSR count). The maximum Gasteiger partial charge on any atom is 0.310 e. The van der Waals surface area contributed by atoms with E-state index in [0.29, 0.717) is 69.1 Å². The Bertz CT molecular complexity index is 2030. The molecule has 54 heavy (non-hydrogen) atoms. The Morgan fingerprint density at radius 1 is 0.796 bits per heavy atom. The van der Waals surface area contributed by atoms with Gasteiger partial charge >= 0.3 is 5.97 Å². The summed E-state index contributed by atoms with van der Waals surface area (Å²) in [6.45, 7) is 7.32. The van der Waals surface area contributed by atoms with Gasteiger partial charge < -0.3 is 29.0 Å². The molecule has 0 unspecified atom stereocenters. The van der Waals surface area contributed by atoms with E-state index in [1.165, 1.54) is 29.7 Å². The van der Waals surface area contributed by atoms with Crippen molar-refractivity contribution in [2.45, 2.75) is 44.0 Å². The number of aryl methyl sites for hydroxylation is 1. The van der Waals surface area contributed by atoms with E-state index in [-0.39, 0.29) is 17.9 Å². The predicted molar refractivity (Wildman–Crippen MR) is 213 cm³/mol. The van der Waals surface area contributed by atoms with E-state index in [1.54, 1.807) is 70.4 Å². The van der Waals surface area contributed by atoms with Crippen molar-refractivity contribution in [3.05, 3.63) is 76.3 Å². The van der Waals surface area contributed by atoms with Crippen LogP contribution in [-0.4, -0.2) is 90.9 Å². The normalized spacial score (nSPS) is 10.2. The Kier molecular flexibility index (Phi) is 17.5. The molecule has 0 bridgehead atoms. The van der Waals surface area contributed by atoms with Crippen LogP contribution in [0, 0.1) is 0 Å². The molecule has 0 atom stereocenters. The largest absolute Gasteiger partial charge is 0.497 e. The number of aromatic nitrogens is 5. The number of fused-ring (bicyclic) bond motifs is 1. The molecular formula is C38H46N6O8S2. The Labute approximate surface area is 323 Å². The molecule has 0 saturated carbocycles. The second-order valence-electron chi connectivity index (χ2n) is 10.9. The fourth-order valence-corrected chi connectivity index (χ4v) is 5.60. The van der Waals surface area contributed by atoms with Crippen LogP contribution >= 0.6 is 23.5 Å². The summed E-state index contributed by atoms with van der Waals surface area (Å²) < 4.78 is 27.4. The van der Waals surface area contributed by atoms with Gasteiger partial charge in [0, 0.05) is 48.6 Å². The number of esters is 1. The minimum atomic E-state index is -0.252. The molecule has 0 amide bonds.